The third-order valence-electron chi connectivity index (χ3n) is 2.66. The maximum absolute atomic E-state index is 9.74. The van der Waals surface area contributed by atoms with E-state index in [0.717, 1.165) is 5.56 Å². The summed E-state index contributed by atoms with van der Waals surface area (Å²) in [5.74, 6) is 0. The van der Waals surface area contributed by atoms with Gasteiger partial charge in [0, 0.05) is 0 Å². The van der Waals surface area contributed by atoms with Crippen LogP contribution >= 0.6 is 11.6 Å². The minimum Gasteiger partial charge on any atom is -0.389 e. The minimum atomic E-state index is -1.02. The van der Waals surface area contributed by atoms with Gasteiger partial charge in [0.15, 0.2) is 6.29 Å². The van der Waals surface area contributed by atoms with Gasteiger partial charge < -0.3 is 19.7 Å². The highest BCUT2D eigenvalue weighted by Crippen LogP contribution is 2.21. The van der Waals surface area contributed by atoms with E-state index in [1.165, 1.54) is 0 Å². The molecular formula is C12H15ClO4. The minimum absolute atomic E-state index is 0.0741. The van der Waals surface area contributed by atoms with Gasteiger partial charge in [-0.3, -0.25) is 0 Å². The Kier molecular flexibility index (Phi) is 4.36. The topological polar surface area (TPSA) is 58.9 Å². The average molecular weight is 259 g/mol. The van der Waals surface area contributed by atoms with Crippen molar-refractivity contribution in [2.75, 3.05) is 6.61 Å². The van der Waals surface area contributed by atoms with Gasteiger partial charge in [-0.1, -0.05) is 30.3 Å². The molecule has 1 aromatic rings. The molecule has 2 rings (SSSR count). The Morgan fingerprint density at radius 1 is 1.29 bits per heavy atom. The fraction of sp³-hybridized carbons (Fsp3) is 0.500. The van der Waals surface area contributed by atoms with Crippen molar-refractivity contribution in [2.45, 2.75) is 30.5 Å². The van der Waals surface area contributed by atoms with Crippen LogP contribution in [0, 0.1) is 0 Å². The molecule has 1 heterocycles. The summed E-state index contributed by atoms with van der Waals surface area (Å²) in [6, 6.07) is 9.57. The molecule has 17 heavy (non-hydrogen) atoms. The maximum Gasteiger partial charge on any atom is 0.185 e. The lowest BCUT2D eigenvalue weighted by Crippen LogP contribution is -2.51. The SMILES string of the molecule is O[C@@H]1[C@@H](OCc2ccccc2)OC[C@H](O)[C@H]1Cl. The molecular weight excluding hydrogens is 244 g/mol. The van der Waals surface area contributed by atoms with Gasteiger partial charge in [0.2, 0.25) is 0 Å². The summed E-state index contributed by atoms with van der Waals surface area (Å²) in [4.78, 5) is 0. The first-order chi connectivity index (χ1) is 8.18. The first-order valence-corrected chi connectivity index (χ1v) is 5.89. The molecule has 1 aromatic carbocycles. The predicted molar refractivity (Wildman–Crippen MR) is 62.6 cm³/mol. The molecule has 0 bridgehead atoms. The lowest BCUT2D eigenvalue weighted by atomic mass is 10.1. The number of aliphatic hydroxyl groups excluding tert-OH is 2. The number of aliphatic hydroxyl groups is 2. The number of rotatable bonds is 3. The molecule has 1 aliphatic rings. The van der Waals surface area contributed by atoms with E-state index in [4.69, 9.17) is 21.1 Å². The molecule has 1 aliphatic heterocycles. The van der Waals surface area contributed by atoms with Crippen molar-refractivity contribution in [1.82, 2.24) is 0 Å². The Hall–Kier alpha value is -0.650. The van der Waals surface area contributed by atoms with E-state index < -0.39 is 23.9 Å². The second-order valence-corrected chi connectivity index (χ2v) is 4.50. The molecule has 4 atom stereocenters. The smallest absolute Gasteiger partial charge is 0.185 e. The maximum atomic E-state index is 9.74. The van der Waals surface area contributed by atoms with E-state index in [2.05, 4.69) is 0 Å². The molecule has 94 valence electrons. The van der Waals surface area contributed by atoms with Gasteiger partial charge in [-0.15, -0.1) is 11.6 Å². The fourth-order valence-electron chi connectivity index (χ4n) is 1.66. The largest absolute Gasteiger partial charge is 0.389 e. The van der Waals surface area contributed by atoms with Crippen LogP contribution in [0.1, 0.15) is 5.56 Å². The Bertz CT molecular complexity index is 346. The van der Waals surface area contributed by atoms with E-state index >= 15 is 0 Å². The van der Waals surface area contributed by atoms with Crippen LogP contribution in [0.25, 0.3) is 0 Å². The van der Waals surface area contributed by atoms with Crippen LogP contribution in [-0.2, 0) is 16.1 Å². The van der Waals surface area contributed by atoms with Crippen molar-refractivity contribution in [1.29, 1.82) is 0 Å². The van der Waals surface area contributed by atoms with Crippen LogP contribution in [0.4, 0.5) is 0 Å². The molecule has 0 unspecified atom stereocenters. The summed E-state index contributed by atoms with van der Waals surface area (Å²) < 4.78 is 10.6. The zero-order valence-corrected chi connectivity index (χ0v) is 9.96. The highest BCUT2D eigenvalue weighted by molar-refractivity contribution is 6.21. The van der Waals surface area contributed by atoms with Gasteiger partial charge in [-0.05, 0) is 5.56 Å². The Balaban J connectivity index is 1.87. The predicted octanol–water partition coefficient (Wildman–Crippen LogP) is 0.889. The fourth-order valence-corrected chi connectivity index (χ4v) is 1.85. The number of ether oxygens (including phenoxy) is 2. The van der Waals surface area contributed by atoms with Crippen LogP contribution < -0.4 is 0 Å². The normalized spacial score (nSPS) is 33.6. The Labute approximate surface area is 105 Å². The summed E-state index contributed by atoms with van der Waals surface area (Å²) >= 11 is 5.83. The zero-order chi connectivity index (χ0) is 12.3. The molecule has 2 N–H and O–H groups in total. The van der Waals surface area contributed by atoms with Crippen LogP contribution in [0.2, 0.25) is 0 Å². The second-order valence-electron chi connectivity index (χ2n) is 4.00. The van der Waals surface area contributed by atoms with Crippen LogP contribution in [0.15, 0.2) is 30.3 Å². The number of benzene rings is 1. The summed E-state index contributed by atoms with van der Waals surface area (Å²) in [5, 5.41) is 18.4. The van der Waals surface area contributed by atoms with Gasteiger partial charge in [0.1, 0.15) is 6.10 Å². The van der Waals surface area contributed by atoms with Gasteiger partial charge in [-0.2, -0.15) is 0 Å². The van der Waals surface area contributed by atoms with Crippen LogP contribution in [0.3, 0.4) is 0 Å². The first-order valence-electron chi connectivity index (χ1n) is 5.46. The van der Waals surface area contributed by atoms with Crippen LogP contribution in [0.5, 0.6) is 0 Å². The summed E-state index contributed by atoms with van der Waals surface area (Å²) in [5.41, 5.74) is 0.987. The first kappa shape index (κ1) is 12.8. The van der Waals surface area contributed by atoms with Crippen molar-refractivity contribution in [3.05, 3.63) is 35.9 Å². The zero-order valence-electron chi connectivity index (χ0n) is 9.20. The van der Waals surface area contributed by atoms with Gasteiger partial charge in [0.05, 0.1) is 24.7 Å². The molecule has 0 spiro atoms. The van der Waals surface area contributed by atoms with Crippen molar-refractivity contribution < 1.29 is 19.7 Å². The lowest BCUT2D eigenvalue weighted by molar-refractivity contribution is -0.238. The lowest BCUT2D eigenvalue weighted by Gasteiger charge is -2.34. The average Bonchev–Trinajstić information content (AvgIpc) is 2.36. The number of halogens is 1. The van der Waals surface area contributed by atoms with E-state index in [1.807, 2.05) is 30.3 Å². The third-order valence-corrected chi connectivity index (χ3v) is 3.21. The highest BCUT2D eigenvalue weighted by atomic mass is 35.5. The van der Waals surface area contributed by atoms with Gasteiger partial charge >= 0.3 is 0 Å². The highest BCUT2D eigenvalue weighted by Gasteiger charge is 2.38. The molecule has 0 amide bonds. The molecule has 0 aromatic heterocycles. The van der Waals surface area contributed by atoms with Crippen molar-refractivity contribution >= 4 is 11.6 Å². The second kappa shape index (κ2) is 5.80. The Morgan fingerprint density at radius 2 is 2.00 bits per heavy atom. The summed E-state index contributed by atoms with van der Waals surface area (Å²) in [6.07, 6.45) is -2.67. The van der Waals surface area contributed by atoms with E-state index in [1.54, 1.807) is 0 Å². The molecule has 5 heteroatoms. The summed E-state index contributed by atoms with van der Waals surface area (Å²) in [6.45, 7) is 0.410. The molecule has 0 aliphatic carbocycles. The van der Waals surface area contributed by atoms with E-state index in [-0.39, 0.29) is 6.61 Å². The molecule has 0 saturated carbocycles. The standard InChI is InChI=1S/C12H15ClO4/c13-10-9(14)7-17-12(11(10)15)16-6-8-4-2-1-3-5-8/h1-5,9-12,14-15H,6-7H2/t9-,10+,11-,12-/m0/s1. The molecule has 0 radical (unpaired) electrons. The van der Waals surface area contributed by atoms with Crippen LogP contribution in [-0.4, -0.2) is 40.7 Å². The summed E-state index contributed by atoms with van der Waals surface area (Å²) in [7, 11) is 0. The van der Waals surface area contributed by atoms with Crippen molar-refractivity contribution in [3.63, 3.8) is 0 Å². The quantitative estimate of drug-likeness (QED) is 0.791. The Morgan fingerprint density at radius 3 is 2.71 bits per heavy atom. The van der Waals surface area contributed by atoms with E-state index in [9.17, 15) is 10.2 Å². The number of hydrogen-bond donors (Lipinski definition) is 2. The number of hydrogen-bond acceptors (Lipinski definition) is 4. The third kappa shape index (κ3) is 3.18. The van der Waals surface area contributed by atoms with Gasteiger partial charge in [0.25, 0.3) is 0 Å². The molecule has 1 saturated heterocycles. The van der Waals surface area contributed by atoms with Crippen molar-refractivity contribution in [3.8, 4) is 0 Å². The van der Waals surface area contributed by atoms with Crippen molar-refractivity contribution in [2.24, 2.45) is 0 Å². The molecule has 1 fully saturated rings. The number of alkyl halides is 1. The van der Waals surface area contributed by atoms with E-state index in [0.29, 0.717) is 6.61 Å². The monoisotopic (exact) mass is 258 g/mol. The van der Waals surface area contributed by atoms with Gasteiger partial charge in [-0.25, -0.2) is 0 Å². The molecule has 4 nitrogen and oxygen atoms in total.